The number of piperidine rings is 1. The Bertz CT molecular complexity index is 629. The summed E-state index contributed by atoms with van der Waals surface area (Å²) in [7, 11) is 0. The molecular weight excluding hydrogens is 340 g/mol. The second kappa shape index (κ2) is 8.19. The van der Waals surface area contributed by atoms with Crippen molar-refractivity contribution in [2.24, 2.45) is 5.92 Å². The Labute approximate surface area is 153 Å². The van der Waals surface area contributed by atoms with Gasteiger partial charge in [0, 0.05) is 37.6 Å². The molecular formula is C19H25ClN2O3. The van der Waals surface area contributed by atoms with Gasteiger partial charge in [-0.25, -0.2) is 0 Å². The second-order valence-electron chi connectivity index (χ2n) is 7.00. The normalized spacial score (nSPS) is 20.2. The summed E-state index contributed by atoms with van der Waals surface area (Å²) in [5.74, 6) is 0.563. The van der Waals surface area contributed by atoms with E-state index in [1.807, 2.05) is 4.90 Å². The van der Waals surface area contributed by atoms with Gasteiger partial charge in [0.25, 0.3) is 5.91 Å². The molecule has 1 atom stereocenters. The lowest BCUT2D eigenvalue weighted by Crippen LogP contribution is -2.41. The van der Waals surface area contributed by atoms with Crippen molar-refractivity contribution in [3.05, 3.63) is 34.9 Å². The lowest BCUT2D eigenvalue weighted by Gasteiger charge is -2.34. The molecule has 1 N–H and O–H groups in total. The number of amides is 2. The van der Waals surface area contributed by atoms with Crippen molar-refractivity contribution in [2.45, 2.75) is 38.2 Å². The third-order valence-corrected chi connectivity index (χ3v) is 5.54. The summed E-state index contributed by atoms with van der Waals surface area (Å²) in [5.41, 5.74) is 0.534. The molecule has 6 heteroatoms. The minimum atomic E-state index is -1.16. The highest BCUT2D eigenvalue weighted by Gasteiger charge is 2.29. The summed E-state index contributed by atoms with van der Waals surface area (Å²) in [4.78, 5) is 27.9. The zero-order valence-corrected chi connectivity index (χ0v) is 15.1. The predicted molar refractivity (Wildman–Crippen MR) is 96.1 cm³/mol. The largest absolute Gasteiger partial charge is 0.378 e. The Morgan fingerprint density at radius 2 is 2.04 bits per heavy atom. The van der Waals surface area contributed by atoms with E-state index in [1.54, 1.807) is 29.2 Å². The second-order valence-corrected chi connectivity index (χ2v) is 7.44. The molecule has 0 bridgehead atoms. The molecule has 0 radical (unpaired) electrons. The maximum absolute atomic E-state index is 12.5. The summed E-state index contributed by atoms with van der Waals surface area (Å²) >= 11 is 5.93. The van der Waals surface area contributed by atoms with Gasteiger partial charge in [0.2, 0.25) is 5.91 Å². The number of carbonyl (C=O) groups excluding carboxylic acids is 2. The SMILES string of the molecule is O=C1CCCN1CCC1CCN(C(=O)[C@H](O)c2cccc(Cl)c2)CC1. The topological polar surface area (TPSA) is 60.9 Å². The van der Waals surface area contributed by atoms with E-state index in [0.29, 0.717) is 36.0 Å². The van der Waals surface area contributed by atoms with Gasteiger partial charge in [-0.05, 0) is 49.3 Å². The molecule has 2 heterocycles. The van der Waals surface area contributed by atoms with Crippen LogP contribution in [0.4, 0.5) is 0 Å². The molecule has 5 nitrogen and oxygen atoms in total. The summed E-state index contributed by atoms with van der Waals surface area (Å²) in [6.07, 6.45) is 3.37. The number of hydrogen-bond donors (Lipinski definition) is 1. The summed E-state index contributed by atoms with van der Waals surface area (Å²) < 4.78 is 0. The van der Waals surface area contributed by atoms with Crippen LogP contribution in [0.1, 0.15) is 43.8 Å². The summed E-state index contributed by atoms with van der Waals surface area (Å²) in [6, 6.07) is 6.80. The Morgan fingerprint density at radius 3 is 2.68 bits per heavy atom. The van der Waals surface area contributed by atoms with E-state index < -0.39 is 6.10 Å². The molecule has 25 heavy (non-hydrogen) atoms. The van der Waals surface area contributed by atoms with Crippen LogP contribution in [0.3, 0.4) is 0 Å². The van der Waals surface area contributed by atoms with Crippen LogP contribution in [-0.2, 0) is 9.59 Å². The van der Waals surface area contributed by atoms with Crippen molar-refractivity contribution in [1.82, 2.24) is 9.80 Å². The van der Waals surface area contributed by atoms with Gasteiger partial charge >= 0.3 is 0 Å². The standard InChI is InChI=1S/C19H25ClN2O3/c20-16-4-1-3-15(13-16)18(24)19(25)22-11-7-14(8-12-22)6-10-21-9-2-5-17(21)23/h1,3-4,13-14,18,24H,2,5-12H2/t18-/m1/s1. The highest BCUT2D eigenvalue weighted by molar-refractivity contribution is 6.30. The van der Waals surface area contributed by atoms with E-state index in [9.17, 15) is 14.7 Å². The maximum Gasteiger partial charge on any atom is 0.256 e. The molecule has 0 saturated carbocycles. The van der Waals surface area contributed by atoms with Gasteiger partial charge in [-0.2, -0.15) is 0 Å². The highest BCUT2D eigenvalue weighted by Crippen LogP contribution is 2.25. The van der Waals surface area contributed by atoms with E-state index in [-0.39, 0.29) is 11.8 Å². The van der Waals surface area contributed by atoms with Crippen LogP contribution < -0.4 is 0 Å². The minimum absolute atomic E-state index is 0.254. The van der Waals surface area contributed by atoms with Gasteiger partial charge in [0.15, 0.2) is 6.10 Å². The molecule has 1 aromatic rings. The zero-order chi connectivity index (χ0) is 17.8. The van der Waals surface area contributed by atoms with Crippen LogP contribution in [0.5, 0.6) is 0 Å². The smallest absolute Gasteiger partial charge is 0.256 e. The number of likely N-dealkylation sites (tertiary alicyclic amines) is 2. The number of rotatable bonds is 5. The minimum Gasteiger partial charge on any atom is -0.378 e. The third kappa shape index (κ3) is 4.53. The molecule has 2 aliphatic heterocycles. The first-order chi connectivity index (χ1) is 12.0. The van der Waals surface area contributed by atoms with E-state index in [0.717, 1.165) is 38.8 Å². The van der Waals surface area contributed by atoms with Gasteiger partial charge in [-0.3, -0.25) is 9.59 Å². The van der Waals surface area contributed by atoms with Crippen molar-refractivity contribution < 1.29 is 14.7 Å². The molecule has 0 spiro atoms. The van der Waals surface area contributed by atoms with Crippen LogP contribution in [-0.4, -0.2) is 52.9 Å². The zero-order valence-electron chi connectivity index (χ0n) is 14.4. The van der Waals surface area contributed by atoms with Crippen LogP contribution in [0.15, 0.2) is 24.3 Å². The monoisotopic (exact) mass is 364 g/mol. The Kier molecular flexibility index (Phi) is 5.97. The van der Waals surface area contributed by atoms with Crippen molar-refractivity contribution in [2.75, 3.05) is 26.2 Å². The van der Waals surface area contributed by atoms with Crippen LogP contribution in [0.2, 0.25) is 5.02 Å². The van der Waals surface area contributed by atoms with E-state index >= 15 is 0 Å². The number of benzene rings is 1. The maximum atomic E-state index is 12.5. The fourth-order valence-corrected chi connectivity index (χ4v) is 3.91. The summed E-state index contributed by atoms with van der Waals surface area (Å²) in [6.45, 7) is 3.05. The fraction of sp³-hybridized carbons (Fsp3) is 0.579. The fourth-order valence-electron chi connectivity index (χ4n) is 3.71. The molecule has 1 aromatic carbocycles. The van der Waals surface area contributed by atoms with E-state index in [1.165, 1.54) is 0 Å². The first-order valence-electron chi connectivity index (χ1n) is 9.04. The number of aliphatic hydroxyl groups excluding tert-OH is 1. The summed E-state index contributed by atoms with van der Waals surface area (Å²) in [5, 5.41) is 10.8. The van der Waals surface area contributed by atoms with Crippen molar-refractivity contribution in [1.29, 1.82) is 0 Å². The molecule has 3 rings (SSSR count). The Balaban J connectivity index is 1.46. The lowest BCUT2D eigenvalue weighted by molar-refractivity contribution is -0.142. The van der Waals surface area contributed by atoms with E-state index in [2.05, 4.69) is 0 Å². The highest BCUT2D eigenvalue weighted by atomic mass is 35.5. The average Bonchev–Trinajstić information content (AvgIpc) is 3.04. The molecule has 2 aliphatic rings. The Morgan fingerprint density at radius 1 is 1.28 bits per heavy atom. The van der Waals surface area contributed by atoms with Gasteiger partial charge in [-0.15, -0.1) is 0 Å². The average molecular weight is 365 g/mol. The van der Waals surface area contributed by atoms with Crippen molar-refractivity contribution in [3.63, 3.8) is 0 Å². The number of halogens is 1. The molecule has 0 unspecified atom stereocenters. The van der Waals surface area contributed by atoms with Crippen LogP contribution in [0, 0.1) is 5.92 Å². The van der Waals surface area contributed by atoms with Gasteiger partial charge in [-0.1, -0.05) is 23.7 Å². The van der Waals surface area contributed by atoms with Gasteiger partial charge in [0.05, 0.1) is 0 Å². The number of carbonyl (C=O) groups is 2. The molecule has 0 aliphatic carbocycles. The predicted octanol–water partition coefficient (Wildman–Crippen LogP) is 2.62. The molecule has 2 amide bonds. The van der Waals surface area contributed by atoms with Gasteiger partial charge < -0.3 is 14.9 Å². The first kappa shape index (κ1) is 18.2. The molecule has 2 saturated heterocycles. The van der Waals surface area contributed by atoms with Crippen LogP contribution >= 0.6 is 11.6 Å². The number of nitrogens with zero attached hydrogens (tertiary/aromatic N) is 2. The Hall–Kier alpha value is -1.59. The lowest BCUT2D eigenvalue weighted by atomic mass is 9.93. The first-order valence-corrected chi connectivity index (χ1v) is 9.42. The van der Waals surface area contributed by atoms with Crippen molar-refractivity contribution in [3.8, 4) is 0 Å². The van der Waals surface area contributed by atoms with Gasteiger partial charge in [0.1, 0.15) is 0 Å². The third-order valence-electron chi connectivity index (χ3n) is 5.30. The molecule has 136 valence electrons. The molecule has 2 fully saturated rings. The van der Waals surface area contributed by atoms with Crippen molar-refractivity contribution >= 4 is 23.4 Å². The number of hydrogen-bond acceptors (Lipinski definition) is 3. The van der Waals surface area contributed by atoms with Crippen LogP contribution in [0.25, 0.3) is 0 Å². The molecule has 0 aromatic heterocycles. The van der Waals surface area contributed by atoms with E-state index in [4.69, 9.17) is 11.6 Å². The quantitative estimate of drug-likeness (QED) is 0.873. The number of aliphatic hydroxyl groups is 1.